The topological polar surface area (TPSA) is 42.3 Å². The van der Waals surface area contributed by atoms with Crippen molar-refractivity contribution in [2.75, 3.05) is 26.2 Å². The Hall–Kier alpha value is -1.07. The summed E-state index contributed by atoms with van der Waals surface area (Å²) < 4.78 is 7.99. The molecular formula is C17H32N4O. The molecule has 0 atom stereocenters. The van der Waals surface area contributed by atoms with E-state index < -0.39 is 0 Å². The molecule has 0 amide bonds. The third-order valence-electron chi connectivity index (χ3n) is 4.05. The Morgan fingerprint density at radius 1 is 1.36 bits per heavy atom. The van der Waals surface area contributed by atoms with E-state index in [0.29, 0.717) is 12.5 Å². The fourth-order valence-electron chi connectivity index (χ4n) is 3.15. The highest BCUT2D eigenvalue weighted by atomic mass is 16.5. The summed E-state index contributed by atoms with van der Waals surface area (Å²) in [7, 11) is 0. The summed E-state index contributed by atoms with van der Waals surface area (Å²) in [5.74, 6) is 1.52. The third kappa shape index (κ3) is 4.23. The van der Waals surface area contributed by atoms with E-state index in [0.717, 1.165) is 44.3 Å². The second-order valence-corrected chi connectivity index (χ2v) is 7.40. The highest BCUT2D eigenvalue weighted by Crippen LogP contribution is 2.26. The van der Waals surface area contributed by atoms with Crippen LogP contribution in [-0.4, -0.2) is 46.5 Å². The third-order valence-corrected chi connectivity index (χ3v) is 4.05. The zero-order valence-corrected chi connectivity index (χ0v) is 15.1. The van der Waals surface area contributed by atoms with Crippen molar-refractivity contribution >= 4 is 0 Å². The van der Waals surface area contributed by atoms with Crippen LogP contribution in [0, 0.1) is 12.8 Å². The van der Waals surface area contributed by atoms with Crippen LogP contribution in [0.3, 0.4) is 0 Å². The average Bonchev–Trinajstić information content (AvgIpc) is 2.65. The molecule has 0 radical (unpaired) electrons. The summed E-state index contributed by atoms with van der Waals surface area (Å²) in [6.07, 6.45) is 0. The molecule has 0 aliphatic carbocycles. The van der Waals surface area contributed by atoms with E-state index >= 15 is 0 Å². The second-order valence-electron chi connectivity index (χ2n) is 7.40. The number of nitrogens with one attached hydrogen (secondary N) is 1. The van der Waals surface area contributed by atoms with Crippen LogP contribution in [-0.2, 0) is 13.1 Å². The van der Waals surface area contributed by atoms with Crippen LogP contribution in [0.2, 0.25) is 0 Å². The van der Waals surface area contributed by atoms with E-state index in [1.54, 1.807) is 0 Å². The summed E-state index contributed by atoms with van der Waals surface area (Å²) in [6.45, 7) is 18.8. The molecule has 0 aromatic carbocycles. The van der Waals surface area contributed by atoms with Gasteiger partial charge >= 0.3 is 0 Å². The van der Waals surface area contributed by atoms with E-state index in [9.17, 15) is 0 Å². The van der Waals surface area contributed by atoms with E-state index in [1.807, 2.05) is 11.6 Å². The van der Waals surface area contributed by atoms with Gasteiger partial charge in [-0.1, -0.05) is 13.8 Å². The van der Waals surface area contributed by atoms with E-state index in [-0.39, 0.29) is 5.54 Å². The molecule has 126 valence electrons. The van der Waals surface area contributed by atoms with Gasteiger partial charge in [0.2, 0.25) is 5.88 Å². The molecule has 2 heterocycles. The average molecular weight is 308 g/mol. The number of rotatable bonds is 6. The van der Waals surface area contributed by atoms with Crippen LogP contribution < -0.4 is 10.1 Å². The number of aryl methyl sites for hydroxylation is 1. The molecule has 1 aromatic rings. The molecule has 5 nitrogen and oxygen atoms in total. The van der Waals surface area contributed by atoms with Crippen molar-refractivity contribution in [3.05, 3.63) is 11.3 Å². The molecule has 0 spiro atoms. The van der Waals surface area contributed by atoms with Crippen LogP contribution in [0.4, 0.5) is 0 Å². The molecule has 0 saturated carbocycles. The number of piperazine rings is 1. The van der Waals surface area contributed by atoms with Crippen molar-refractivity contribution in [2.45, 2.75) is 60.2 Å². The van der Waals surface area contributed by atoms with Crippen LogP contribution in [0.15, 0.2) is 0 Å². The number of nitrogens with zero attached hydrogens (tertiary/aromatic N) is 3. The fraction of sp³-hybridized carbons (Fsp3) is 0.824. The standard InChI is InChI=1S/C17H32N4O/c1-7-22-16-15(14(4)19-21(16)10-13(2)3)11-20-9-8-18-17(5,6)12-20/h13,18H,7-12H2,1-6H3. The van der Waals surface area contributed by atoms with Crippen molar-refractivity contribution in [3.8, 4) is 5.88 Å². The minimum absolute atomic E-state index is 0.172. The van der Waals surface area contributed by atoms with E-state index in [2.05, 4.69) is 44.8 Å². The maximum absolute atomic E-state index is 5.94. The Morgan fingerprint density at radius 2 is 2.09 bits per heavy atom. The van der Waals surface area contributed by atoms with Gasteiger partial charge in [-0.05, 0) is 33.6 Å². The smallest absolute Gasteiger partial charge is 0.216 e. The Bertz CT molecular complexity index is 493. The van der Waals surface area contributed by atoms with Gasteiger partial charge in [0.25, 0.3) is 0 Å². The molecule has 1 aliphatic heterocycles. The first-order chi connectivity index (χ1) is 10.3. The Kier molecular flexibility index (Phi) is 5.50. The van der Waals surface area contributed by atoms with E-state index in [4.69, 9.17) is 9.84 Å². The maximum Gasteiger partial charge on any atom is 0.216 e. The summed E-state index contributed by atoms with van der Waals surface area (Å²) in [5.41, 5.74) is 2.52. The first-order valence-corrected chi connectivity index (χ1v) is 8.49. The quantitative estimate of drug-likeness (QED) is 0.876. The summed E-state index contributed by atoms with van der Waals surface area (Å²) in [6, 6.07) is 0. The predicted octanol–water partition coefficient (Wildman–Crippen LogP) is 2.43. The molecule has 1 N–H and O–H groups in total. The lowest BCUT2D eigenvalue weighted by molar-refractivity contribution is 0.146. The van der Waals surface area contributed by atoms with Crippen LogP contribution in [0.25, 0.3) is 0 Å². The molecule has 1 aliphatic rings. The highest BCUT2D eigenvalue weighted by Gasteiger charge is 2.28. The molecule has 0 unspecified atom stereocenters. The molecule has 2 rings (SSSR count). The van der Waals surface area contributed by atoms with E-state index in [1.165, 1.54) is 5.56 Å². The van der Waals surface area contributed by atoms with Crippen molar-refractivity contribution in [3.63, 3.8) is 0 Å². The Balaban J connectivity index is 2.20. The maximum atomic E-state index is 5.94. The van der Waals surface area contributed by atoms with Crippen molar-refractivity contribution in [2.24, 2.45) is 5.92 Å². The van der Waals surface area contributed by atoms with Gasteiger partial charge in [-0.2, -0.15) is 5.10 Å². The molecule has 5 heteroatoms. The van der Waals surface area contributed by atoms with Crippen molar-refractivity contribution < 1.29 is 4.74 Å². The van der Waals surface area contributed by atoms with Crippen LogP contribution >= 0.6 is 0 Å². The largest absolute Gasteiger partial charge is 0.478 e. The molecule has 0 bridgehead atoms. The molecular weight excluding hydrogens is 276 g/mol. The van der Waals surface area contributed by atoms with Gasteiger partial charge in [-0.3, -0.25) is 4.90 Å². The van der Waals surface area contributed by atoms with Crippen LogP contribution in [0.5, 0.6) is 5.88 Å². The van der Waals surface area contributed by atoms with Crippen LogP contribution in [0.1, 0.15) is 45.9 Å². The Morgan fingerprint density at radius 3 is 2.68 bits per heavy atom. The van der Waals surface area contributed by atoms with Gasteiger partial charge in [-0.15, -0.1) is 0 Å². The molecule has 1 saturated heterocycles. The SMILES string of the molecule is CCOc1c(CN2CCNC(C)(C)C2)c(C)nn1CC(C)C. The normalized spacial score (nSPS) is 18.9. The predicted molar refractivity (Wildman–Crippen MR) is 90.3 cm³/mol. The summed E-state index contributed by atoms with van der Waals surface area (Å²) >= 11 is 0. The number of hydrogen-bond acceptors (Lipinski definition) is 4. The molecule has 1 aromatic heterocycles. The number of aromatic nitrogens is 2. The van der Waals surface area contributed by atoms with Gasteiger partial charge < -0.3 is 10.1 Å². The van der Waals surface area contributed by atoms with Gasteiger partial charge in [-0.25, -0.2) is 4.68 Å². The summed E-state index contributed by atoms with van der Waals surface area (Å²) in [5, 5.41) is 8.29. The fourth-order valence-corrected chi connectivity index (χ4v) is 3.15. The summed E-state index contributed by atoms with van der Waals surface area (Å²) in [4.78, 5) is 2.50. The zero-order valence-electron chi connectivity index (χ0n) is 15.1. The highest BCUT2D eigenvalue weighted by molar-refractivity contribution is 5.31. The van der Waals surface area contributed by atoms with Gasteiger partial charge in [0.05, 0.1) is 17.9 Å². The Labute approximate surface area is 135 Å². The molecule has 1 fully saturated rings. The first kappa shape index (κ1) is 17.3. The molecule has 22 heavy (non-hydrogen) atoms. The second kappa shape index (κ2) is 7.01. The first-order valence-electron chi connectivity index (χ1n) is 8.49. The van der Waals surface area contributed by atoms with Gasteiger partial charge in [0.1, 0.15) is 0 Å². The van der Waals surface area contributed by atoms with Gasteiger partial charge in [0, 0.05) is 38.3 Å². The number of hydrogen-bond donors (Lipinski definition) is 1. The van der Waals surface area contributed by atoms with Crippen molar-refractivity contribution in [1.29, 1.82) is 0 Å². The van der Waals surface area contributed by atoms with Gasteiger partial charge in [0.15, 0.2) is 0 Å². The lowest BCUT2D eigenvalue weighted by Crippen LogP contribution is -2.56. The monoisotopic (exact) mass is 308 g/mol. The number of ether oxygens (including phenoxy) is 1. The van der Waals surface area contributed by atoms with Crippen molar-refractivity contribution in [1.82, 2.24) is 20.0 Å². The minimum Gasteiger partial charge on any atom is -0.478 e. The zero-order chi connectivity index (χ0) is 16.3. The minimum atomic E-state index is 0.172. The lowest BCUT2D eigenvalue weighted by Gasteiger charge is -2.39. The lowest BCUT2D eigenvalue weighted by atomic mass is 10.0.